The van der Waals surface area contributed by atoms with E-state index in [9.17, 15) is 13.2 Å². The molecule has 2 heterocycles. The molecule has 174 valence electrons. The first-order valence-electron chi connectivity index (χ1n) is 10.5. The van der Waals surface area contributed by atoms with Crippen LogP contribution in [0.4, 0.5) is 10.8 Å². The second kappa shape index (κ2) is 8.70. The standard InChI is InChI=1S/C23H25ClN4O3S2/c1-13-14(2)19(8-7-18(13)15-9-16(24)11-25-10-15)26-21(29)23(3,4)20-12-32-22(27-20)28-33(30,31)17-5-6-17/h7-12,17H,5-6H2,1-4H3,(H,26,29)(H,27,28). The zero-order valence-corrected chi connectivity index (χ0v) is 21.2. The van der Waals surface area contributed by atoms with Crippen molar-refractivity contribution in [2.24, 2.45) is 0 Å². The first-order valence-corrected chi connectivity index (χ1v) is 13.3. The summed E-state index contributed by atoms with van der Waals surface area (Å²) in [7, 11) is -3.40. The smallest absolute Gasteiger partial charge is 0.237 e. The molecule has 10 heteroatoms. The summed E-state index contributed by atoms with van der Waals surface area (Å²) in [4.78, 5) is 21.7. The van der Waals surface area contributed by atoms with E-state index < -0.39 is 15.4 Å². The van der Waals surface area contributed by atoms with E-state index in [1.54, 1.807) is 31.6 Å². The molecule has 1 amide bonds. The maximum absolute atomic E-state index is 13.2. The molecule has 0 bridgehead atoms. The SMILES string of the molecule is Cc1c(NC(=O)C(C)(C)c2csc(NS(=O)(=O)C3CC3)n2)ccc(-c2cncc(Cl)c2)c1C. The molecule has 2 N–H and O–H groups in total. The Bertz CT molecular complexity index is 1330. The number of nitrogens with zero attached hydrogens (tertiary/aromatic N) is 2. The second-order valence-electron chi connectivity index (χ2n) is 8.77. The average molecular weight is 505 g/mol. The minimum atomic E-state index is -3.40. The predicted molar refractivity (Wildman–Crippen MR) is 133 cm³/mol. The van der Waals surface area contributed by atoms with Crippen LogP contribution in [0.2, 0.25) is 5.02 Å². The summed E-state index contributed by atoms with van der Waals surface area (Å²) in [6, 6.07) is 5.66. The predicted octanol–water partition coefficient (Wildman–Crippen LogP) is 5.30. The summed E-state index contributed by atoms with van der Waals surface area (Å²) in [6.07, 6.45) is 4.69. The van der Waals surface area contributed by atoms with Gasteiger partial charge in [0.25, 0.3) is 0 Å². The number of hydrogen-bond acceptors (Lipinski definition) is 6. The summed E-state index contributed by atoms with van der Waals surface area (Å²) in [5.74, 6) is -0.232. The lowest BCUT2D eigenvalue weighted by atomic mass is 9.88. The molecule has 0 saturated heterocycles. The summed E-state index contributed by atoms with van der Waals surface area (Å²) in [5, 5.41) is 5.24. The fourth-order valence-corrected chi connectivity index (χ4v) is 6.06. The lowest BCUT2D eigenvalue weighted by Gasteiger charge is -2.23. The third-order valence-electron chi connectivity index (χ3n) is 5.96. The fraction of sp³-hybridized carbons (Fsp3) is 0.348. The van der Waals surface area contributed by atoms with E-state index >= 15 is 0 Å². The van der Waals surface area contributed by atoms with Gasteiger partial charge in [0.1, 0.15) is 0 Å². The molecule has 4 rings (SSSR count). The molecule has 1 aromatic carbocycles. The van der Waals surface area contributed by atoms with E-state index in [1.165, 1.54) is 11.3 Å². The van der Waals surface area contributed by atoms with Gasteiger partial charge >= 0.3 is 0 Å². The van der Waals surface area contributed by atoms with Gasteiger partial charge in [0.2, 0.25) is 15.9 Å². The molecule has 0 unspecified atom stereocenters. The largest absolute Gasteiger partial charge is 0.325 e. The van der Waals surface area contributed by atoms with Crippen LogP contribution in [0.1, 0.15) is 43.5 Å². The number of anilines is 2. The highest BCUT2D eigenvalue weighted by Crippen LogP contribution is 2.34. The van der Waals surface area contributed by atoms with Gasteiger partial charge in [0, 0.05) is 29.0 Å². The van der Waals surface area contributed by atoms with Gasteiger partial charge in [-0.2, -0.15) is 0 Å². The first kappa shape index (κ1) is 23.7. The molecular formula is C23H25ClN4O3S2. The highest BCUT2D eigenvalue weighted by molar-refractivity contribution is 7.93. The Balaban J connectivity index is 1.53. The number of hydrogen-bond donors (Lipinski definition) is 2. The normalized spacial score (nSPS) is 14.2. The van der Waals surface area contributed by atoms with Crippen molar-refractivity contribution in [3.05, 3.63) is 57.8 Å². The van der Waals surface area contributed by atoms with Gasteiger partial charge in [-0.15, -0.1) is 11.3 Å². The Labute approximate surface area is 202 Å². The fourth-order valence-electron chi connectivity index (χ4n) is 3.41. The Hall–Kier alpha value is -2.49. The van der Waals surface area contributed by atoms with Crippen LogP contribution in [0, 0.1) is 13.8 Å². The van der Waals surface area contributed by atoms with Crippen LogP contribution in [0.5, 0.6) is 0 Å². The Kier molecular flexibility index (Phi) is 6.24. The van der Waals surface area contributed by atoms with Crippen LogP contribution >= 0.6 is 22.9 Å². The van der Waals surface area contributed by atoms with Gasteiger partial charge in [-0.05, 0) is 69.4 Å². The first-order chi connectivity index (χ1) is 15.5. The van der Waals surface area contributed by atoms with Crippen LogP contribution in [0.25, 0.3) is 11.1 Å². The summed E-state index contributed by atoms with van der Waals surface area (Å²) < 4.78 is 26.9. The summed E-state index contributed by atoms with van der Waals surface area (Å²) in [6.45, 7) is 7.48. The van der Waals surface area contributed by atoms with Crippen LogP contribution in [0.15, 0.2) is 36.0 Å². The number of aromatic nitrogens is 2. The van der Waals surface area contributed by atoms with E-state index in [2.05, 4.69) is 20.0 Å². The van der Waals surface area contributed by atoms with Crippen molar-refractivity contribution in [3.8, 4) is 11.1 Å². The molecule has 1 aliphatic carbocycles. The van der Waals surface area contributed by atoms with Crippen molar-refractivity contribution < 1.29 is 13.2 Å². The van der Waals surface area contributed by atoms with Crippen molar-refractivity contribution in [1.82, 2.24) is 9.97 Å². The summed E-state index contributed by atoms with van der Waals surface area (Å²) in [5.41, 5.74) is 4.10. The third kappa shape index (κ3) is 4.90. The number of carbonyl (C=O) groups excluding carboxylic acids is 1. The zero-order valence-electron chi connectivity index (χ0n) is 18.8. The molecule has 33 heavy (non-hydrogen) atoms. The van der Waals surface area contributed by atoms with E-state index in [0.717, 1.165) is 22.3 Å². The van der Waals surface area contributed by atoms with Gasteiger partial charge in [-0.3, -0.25) is 14.5 Å². The highest BCUT2D eigenvalue weighted by atomic mass is 35.5. The number of pyridine rings is 1. The maximum atomic E-state index is 13.2. The minimum absolute atomic E-state index is 0.232. The second-order valence-corrected chi connectivity index (χ2v) is 12.0. The molecule has 0 radical (unpaired) electrons. The Morgan fingerprint density at radius 3 is 2.58 bits per heavy atom. The van der Waals surface area contributed by atoms with Crippen molar-refractivity contribution in [3.63, 3.8) is 0 Å². The van der Waals surface area contributed by atoms with Gasteiger partial charge < -0.3 is 5.32 Å². The van der Waals surface area contributed by atoms with Gasteiger partial charge in [0.05, 0.1) is 21.4 Å². The zero-order chi connectivity index (χ0) is 24.0. The Morgan fingerprint density at radius 2 is 1.91 bits per heavy atom. The van der Waals surface area contributed by atoms with Crippen LogP contribution in [0.3, 0.4) is 0 Å². The maximum Gasteiger partial charge on any atom is 0.237 e. The topological polar surface area (TPSA) is 101 Å². The molecule has 1 fully saturated rings. The van der Waals surface area contributed by atoms with Crippen molar-refractivity contribution in [2.45, 2.75) is 51.2 Å². The lowest BCUT2D eigenvalue weighted by molar-refractivity contribution is -0.120. The molecule has 2 aromatic heterocycles. The monoisotopic (exact) mass is 504 g/mol. The van der Waals surface area contributed by atoms with E-state index in [4.69, 9.17) is 11.6 Å². The van der Waals surface area contributed by atoms with Crippen LogP contribution < -0.4 is 10.0 Å². The summed E-state index contributed by atoms with van der Waals surface area (Å²) >= 11 is 7.27. The van der Waals surface area contributed by atoms with Crippen molar-refractivity contribution >= 4 is 49.7 Å². The molecule has 1 aliphatic rings. The molecule has 1 saturated carbocycles. The number of thiazole rings is 1. The number of carbonyl (C=O) groups is 1. The van der Waals surface area contributed by atoms with E-state index in [-0.39, 0.29) is 16.3 Å². The molecular weight excluding hydrogens is 480 g/mol. The molecule has 0 aliphatic heterocycles. The van der Waals surface area contributed by atoms with Crippen LogP contribution in [-0.4, -0.2) is 29.5 Å². The highest BCUT2D eigenvalue weighted by Gasteiger charge is 2.37. The molecule has 7 nitrogen and oxygen atoms in total. The number of nitrogens with one attached hydrogen (secondary N) is 2. The third-order valence-corrected chi connectivity index (χ3v) is 8.88. The van der Waals surface area contributed by atoms with Gasteiger partial charge in [-0.25, -0.2) is 13.4 Å². The quantitative estimate of drug-likeness (QED) is 0.455. The number of rotatable bonds is 7. The number of halogens is 1. The minimum Gasteiger partial charge on any atom is -0.325 e. The number of sulfonamides is 1. The van der Waals surface area contributed by atoms with E-state index in [1.807, 2.05) is 32.0 Å². The van der Waals surface area contributed by atoms with Crippen molar-refractivity contribution in [1.29, 1.82) is 0 Å². The average Bonchev–Trinajstić information content (AvgIpc) is 3.52. The molecule has 0 atom stereocenters. The van der Waals surface area contributed by atoms with Crippen molar-refractivity contribution in [2.75, 3.05) is 10.0 Å². The molecule has 0 spiro atoms. The van der Waals surface area contributed by atoms with E-state index in [0.29, 0.717) is 29.2 Å². The number of benzene rings is 1. The van der Waals surface area contributed by atoms with Gasteiger partial charge in [0.15, 0.2) is 5.13 Å². The lowest BCUT2D eigenvalue weighted by Crippen LogP contribution is -2.35. The Morgan fingerprint density at radius 1 is 1.18 bits per heavy atom. The molecule has 3 aromatic rings. The van der Waals surface area contributed by atoms with Crippen LogP contribution in [-0.2, 0) is 20.2 Å². The van der Waals surface area contributed by atoms with Gasteiger partial charge in [-0.1, -0.05) is 17.7 Å². The number of amides is 1.